The molecule has 2 aromatic rings. The summed E-state index contributed by atoms with van der Waals surface area (Å²) in [5, 5.41) is 16.2. The van der Waals surface area contributed by atoms with E-state index in [0.717, 1.165) is 11.6 Å². The Morgan fingerprint density at radius 1 is 1.36 bits per heavy atom. The minimum absolute atomic E-state index is 0.256. The Bertz CT molecular complexity index is 862. The molecule has 7 nitrogen and oxygen atoms in total. The summed E-state index contributed by atoms with van der Waals surface area (Å²) in [6, 6.07) is 1.20. The van der Waals surface area contributed by atoms with Crippen molar-refractivity contribution in [2.45, 2.75) is 13.1 Å². The fourth-order valence-corrected chi connectivity index (χ4v) is 3.06. The van der Waals surface area contributed by atoms with Crippen molar-refractivity contribution in [2.24, 2.45) is 0 Å². The van der Waals surface area contributed by atoms with Crippen molar-refractivity contribution in [3.8, 4) is 5.69 Å². The van der Waals surface area contributed by atoms with Gasteiger partial charge < -0.3 is 5.32 Å². The molecule has 0 spiro atoms. The summed E-state index contributed by atoms with van der Waals surface area (Å²) in [7, 11) is 0. The van der Waals surface area contributed by atoms with Gasteiger partial charge in [-0.3, -0.25) is 14.9 Å². The molecule has 13 heteroatoms. The average Bonchev–Trinajstić information content (AvgIpc) is 2.72. The molecule has 1 aromatic carbocycles. The van der Waals surface area contributed by atoms with Crippen LogP contribution in [0.1, 0.15) is 12.5 Å². The molecule has 0 unspecified atom stereocenters. The first kappa shape index (κ1) is 19.5. The van der Waals surface area contributed by atoms with Crippen LogP contribution in [0.2, 0.25) is 10.0 Å². The lowest BCUT2D eigenvalue weighted by molar-refractivity contribution is -0.384. The van der Waals surface area contributed by atoms with Crippen LogP contribution in [-0.4, -0.2) is 20.6 Å². The van der Waals surface area contributed by atoms with Gasteiger partial charge in [0.05, 0.1) is 20.5 Å². The first-order valence-corrected chi connectivity index (χ1v) is 7.75. The molecule has 0 bridgehead atoms. The van der Waals surface area contributed by atoms with Crippen LogP contribution in [0.15, 0.2) is 16.7 Å². The molecular weight excluding hydrogens is 456 g/mol. The number of anilines is 1. The summed E-state index contributed by atoms with van der Waals surface area (Å²) in [4.78, 5) is 21.7. The monoisotopic (exact) mass is 460 g/mol. The first-order valence-electron chi connectivity index (χ1n) is 6.20. The highest BCUT2D eigenvalue weighted by molar-refractivity contribution is 9.10. The molecule has 0 radical (unpaired) electrons. The summed E-state index contributed by atoms with van der Waals surface area (Å²) in [6.45, 7) is 1.09. The van der Waals surface area contributed by atoms with Crippen molar-refractivity contribution in [2.75, 3.05) is 5.32 Å². The topological polar surface area (TPSA) is 90.1 Å². The maximum atomic E-state index is 12.8. The van der Waals surface area contributed by atoms with Gasteiger partial charge in [-0.15, -0.1) is 0 Å². The van der Waals surface area contributed by atoms with Crippen molar-refractivity contribution in [3.63, 3.8) is 0 Å². The molecule has 0 aliphatic heterocycles. The van der Waals surface area contributed by atoms with E-state index in [2.05, 4.69) is 26.3 Å². The number of rotatable bonds is 3. The van der Waals surface area contributed by atoms with E-state index in [-0.39, 0.29) is 10.3 Å². The standard InChI is InChI=1S/C12H6BrCl2F3N4O3/c1-4(23)19-11-9(22(24)25)10(13)20-21(11)8-6(14)2-5(3-7(8)15)12(16,17)18/h2-3H,1H3,(H,19,23). The van der Waals surface area contributed by atoms with Gasteiger partial charge in [-0.05, 0) is 28.1 Å². The minimum atomic E-state index is -4.69. The molecule has 1 N–H and O–H groups in total. The van der Waals surface area contributed by atoms with Crippen LogP contribution in [0.5, 0.6) is 0 Å². The van der Waals surface area contributed by atoms with E-state index >= 15 is 0 Å². The molecule has 0 aliphatic rings. The quantitative estimate of drug-likeness (QED) is 0.523. The van der Waals surface area contributed by atoms with Crippen LogP contribution in [0.25, 0.3) is 5.69 Å². The number of halogens is 6. The fraction of sp³-hybridized carbons (Fsp3) is 0.167. The van der Waals surface area contributed by atoms with E-state index in [4.69, 9.17) is 23.2 Å². The zero-order chi connectivity index (χ0) is 19.1. The van der Waals surface area contributed by atoms with Gasteiger partial charge in [-0.1, -0.05) is 23.2 Å². The molecule has 1 heterocycles. The molecule has 0 atom stereocenters. The van der Waals surface area contributed by atoms with Crippen LogP contribution >= 0.6 is 39.1 Å². The van der Waals surface area contributed by atoms with Crippen LogP contribution < -0.4 is 5.32 Å². The van der Waals surface area contributed by atoms with Crippen LogP contribution in [0.3, 0.4) is 0 Å². The average molecular weight is 462 g/mol. The number of hydrogen-bond donors (Lipinski definition) is 1. The minimum Gasteiger partial charge on any atom is -0.305 e. The second kappa shape index (κ2) is 6.81. The second-order valence-electron chi connectivity index (χ2n) is 4.62. The van der Waals surface area contributed by atoms with E-state index in [1.807, 2.05) is 0 Å². The third kappa shape index (κ3) is 3.88. The number of amides is 1. The SMILES string of the molecule is CC(=O)Nc1c([N+](=O)[O-])c(Br)nn1-c1c(Cl)cc(C(F)(F)F)cc1Cl. The number of aromatic nitrogens is 2. The van der Waals surface area contributed by atoms with Crippen LogP contribution in [0.4, 0.5) is 24.7 Å². The molecule has 25 heavy (non-hydrogen) atoms. The van der Waals surface area contributed by atoms with Gasteiger partial charge in [0.1, 0.15) is 5.69 Å². The fourth-order valence-electron chi connectivity index (χ4n) is 1.92. The number of carbonyl (C=O) groups excluding carboxylic acids is 1. The summed E-state index contributed by atoms with van der Waals surface area (Å²) >= 11 is 14.6. The van der Waals surface area contributed by atoms with Gasteiger partial charge in [-0.2, -0.15) is 18.3 Å². The largest absolute Gasteiger partial charge is 0.416 e. The van der Waals surface area contributed by atoms with Crippen molar-refractivity contribution in [3.05, 3.63) is 42.5 Å². The molecular formula is C12H6BrCl2F3N4O3. The number of benzene rings is 1. The Labute approximate surface area is 156 Å². The van der Waals surface area contributed by atoms with Crippen molar-refractivity contribution < 1.29 is 22.9 Å². The molecule has 0 saturated heterocycles. The number of nitrogens with zero attached hydrogens (tertiary/aromatic N) is 3. The van der Waals surface area contributed by atoms with Gasteiger partial charge in [0, 0.05) is 6.92 Å². The maximum Gasteiger partial charge on any atom is 0.416 e. The molecule has 1 amide bonds. The van der Waals surface area contributed by atoms with Crippen molar-refractivity contribution >= 4 is 56.5 Å². The Balaban J connectivity index is 2.77. The van der Waals surface area contributed by atoms with Gasteiger partial charge in [0.2, 0.25) is 16.3 Å². The molecule has 0 saturated carbocycles. The Morgan fingerprint density at radius 3 is 2.28 bits per heavy atom. The Kier molecular flexibility index (Phi) is 5.30. The van der Waals surface area contributed by atoms with Gasteiger partial charge in [0.25, 0.3) is 0 Å². The Hall–Kier alpha value is -1.85. The number of alkyl halides is 3. The van der Waals surface area contributed by atoms with E-state index < -0.39 is 44.1 Å². The maximum absolute atomic E-state index is 12.8. The lowest BCUT2D eigenvalue weighted by atomic mass is 10.2. The summed E-state index contributed by atoms with van der Waals surface area (Å²) in [5.74, 6) is -1.08. The van der Waals surface area contributed by atoms with E-state index in [0.29, 0.717) is 12.1 Å². The predicted molar refractivity (Wildman–Crippen MR) is 87.2 cm³/mol. The zero-order valence-corrected chi connectivity index (χ0v) is 15.1. The smallest absolute Gasteiger partial charge is 0.305 e. The molecule has 1 aromatic heterocycles. The lowest BCUT2D eigenvalue weighted by Crippen LogP contribution is -2.13. The third-order valence-corrected chi connectivity index (χ3v) is 3.96. The highest BCUT2D eigenvalue weighted by Crippen LogP contribution is 2.41. The summed E-state index contributed by atoms with van der Waals surface area (Å²) in [5.41, 5.74) is -1.97. The number of nitrogens with one attached hydrogen (secondary N) is 1. The van der Waals surface area contributed by atoms with E-state index in [9.17, 15) is 28.1 Å². The normalized spacial score (nSPS) is 11.5. The Morgan fingerprint density at radius 2 is 1.88 bits per heavy atom. The van der Waals surface area contributed by atoms with Crippen LogP contribution in [-0.2, 0) is 11.0 Å². The lowest BCUT2D eigenvalue weighted by Gasteiger charge is -2.14. The third-order valence-electron chi connectivity index (χ3n) is 2.85. The number of hydrogen-bond acceptors (Lipinski definition) is 4. The molecule has 2 rings (SSSR count). The second-order valence-corrected chi connectivity index (χ2v) is 6.19. The summed E-state index contributed by atoms with van der Waals surface area (Å²) in [6.07, 6.45) is -4.69. The summed E-state index contributed by atoms with van der Waals surface area (Å²) < 4.78 is 39.0. The van der Waals surface area contributed by atoms with E-state index in [1.54, 1.807) is 0 Å². The van der Waals surface area contributed by atoms with Crippen LogP contribution in [0, 0.1) is 10.1 Å². The zero-order valence-electron chi connectivity index (χ0n) is 12.0. The number of nitro groups is 1. The number of carbonyl (C=O) groups is 1. The van der Waals surface area contributed by atoms with Gasteiger partial charge in [0.15, 0.2) is 0 Å². The molecule has 134 valence electrons. The molecule has 0 aliphatic carbocycles. The van der Waals surface area contributed by atoms with Gasteiger partial charge in [-0.25, -0.2) is 4.68 Å². The predicted octanol–water partition coefficient (Wildman–Crippen LogP) is 4.83. The van der Waals surface area contributed by atoms with Gasteiger partial charge >= 0.3 is 11.9 Å². The van der Waals surface area contributed by atoms with Crippen molar-refractivity contribution in [1.29, 1.82) is 0 Å². The molecule has 0 fully saturated rings. The van der Waals surface area contributed by atoms with E-state index in [1.165, 1.54) is 0 Å². The first-order chi connectivity index (χ1) is 11.4. The highest BCUT2D eigenvalue weighted by atomic mass is 79.9. The van der Waals surface area contributed by atoms with Crippen molar-refractivity contribution in [1.82, 2.24) is 9.78 Å². The highest BCUT2D eigenvalue weighted by Gasteiger charge is 2.34.